The number of fused-ring (bicyclic) bond motifs is 1. The molecule has 3 N–H and O–H groups in total. The van der Waals surface area contributed by atoms with Crippen LogP contribution < -0.4 is 16.0 Å². The Bertz CT molecular complexity index is 1440. The van der Waals surface area contributed by atoms with Crippen LogP contribution in [-0.4, -0.2) is 60.8 Å². The number of nitrogens with one attached hydrogen (secondary N) is 3. The fourth-order valence-electron chi connectivity index (χ4n) is 6.11. The predicted molar refractivity (Wildman–Crippen MR) is 162 cm³/mol. The second kappa shape index (κ2) is 11.5. The summed E-state index contributed by atoms with van der Waals surface area (Å²) < 4.78 is 7.44. The van der Waals surface area contributed by atoms with E-state index < -0.39 is 0 Å². The molecule has 0 radical (unpaired) electrons. The van der Waals surface area contributed by atoms with Crippen molar-refractivity contribution < 1.29 is 14.3 Å². The van der Waals surface area contributed by atoms with E-state index in [9.17, 15) is 9.59 Å². The minimum absolute atomic E-state index is 0.204. The van der Waals surface area contributed by atoms with Crippen molar-refractivity contribution in [2.24, 2.45) is 7.05 Å². The first-order chi connectivity index (χ1) is 19.2. The number of morpholine rings is 1. The summed E-state index contributed by atoms with van der Waals surface area (Å²) in [4.78, 5) is 28.8. The van der Waals surface area contributed by atoms with Crippen molar-refractivity contribution in [3.8, 4) is 0 Å². The van der Waals surface area contributed by atoms with Crippen LogP contribution in [0.1, 0.15) is 61.8 Å². The molecule has 0 saturated carbocycles. The van der Waals surface area contributed by atoms with Crippen LogP contribution in [0, 0.1) is 0 Å². The summed E-state index contributed by atoms with van der Waals surface area (Å²) in [5.41, 5.74) is 4.74. The average Bonchev–Trinajstić information content (AvgIpc) is 3.28. The molecule has 1 aromatic heterocycles. The third kappa shape index (κ3) is 5.64. The number of hydrogen-bond donors (Lipinski definition) is 3. The van der Waals surface area contributed by atoms with Gasteiger partial charge in [-0.25, -0.2) is 4.79 Å². The summed E-state index contributed by atoms with van der Waals surface area (Å²) in [5.74, 6) is -0.249. The summed E-state index contributed by atoms with van der Waals surface area (Å²) in [6, 6.07) is 14.2. The van der Waals surface area contributed by atoms with E-state index in [0.29, 0.717) is 17.4 Å². The minimum Gasteiger partial charge on any atom is -0.379 e. The smallest absolute Gasteiger partial charge is 0.323 e. The molecule has 1 aliphatic heterocycles. The van der Waals surface area contributed by atoms with Crippen molar-refractivity contribution in [1.82, 2.24) is 14.8 Å². The van der Waals surface area contributed by atoms with Crippen molar-refractivity contribution in [1.29, 1.82) is 0 Å². The van der Waals surface area contributed by atoms with Crippen LogP contribution >= 0.6 is 0 Å². The summed E-state index contributed by atoms with van der Waals surface area (Å²) in [7, 11) is 3.45. The molecule has 8 heteroatoms. The Labute approximate surface area is 236 Å². The molecule has 40 heavy (non-hydrogen) atoms. The molecule has 1 atom stereocenters. The number of urea groups is 1. The number of carbonyl (C=O) groups excluding carboxylic acids is 2. The first-order valence-corrected chi connectivity index (χ1v) is 14.2. The highest BCUT2D eigenvalue weighted by molar-refractivity contribution is 6.09. The van der Waals surface area contributed by atoms with Crippen LogP contribution in [0.4, 0.5) is 16.2 Å². The van der Waals surface area contributed by atoms with E-state index in [1.54, 1.807) is 7.05 Å². The van der Waals surface area contributed by atoms with E-state index in [4.69, 9.17) is 4.74 Å². The van der Waals surface area contributed by atoms with Gasteiger partial charge in [0.25, 0.3) is 5.91 Å². The predicted octanol–water partition coefficient (Wildman–Crippen LogP) is 5.75. The van der Waals surface area contributed by atoms with Gasteiger partial charge in [0.2, 0.25) is 0 Å². The molecule has 1 unspecified atom stereocenters. The lowest BCUT2D eigenvalue weighted by Gasteiger charge is -2.35. The quantitative estimate of drug-likeness (QED) is 0.383. The average molecular weight is 544 g/mol. The zero-order valence-electron chi connectivity index (χ0n) is 24.3. The van der Waals surface area contributed by atoms with Crippen molar-refractivity contribution in [3.63, 3.8) is 0 Å². The van der Waals surface area contributed by atoms with E-state index in [-0.39, 0.29) is 17.4 Å². The zero-order chi connectivity index (χ0) is 28.4. The van der Waals surface area contributed by atoms with Gasteiger partial charge in [0.15, 0.2) is 0 Å². The summed E-state index contributed by atoms with van der Waals surface area (Å²) in [6.45, 7) is 9.69. The van der Waals surface area contributed by atoms with Crippen LogP contribution in [0.15, 0.2) is 48.5 Å². The number of rotatable bonds is 5. The van der Waals surface area contributed by atoms with Crippen LogP contribution in [0.2, 0.25) is 0 Å². The van der Waals surface area contributed by atoms with E-state index in [2.05, 4.69) is 59.8 Å². The largest absolute Gasteiger partial charge is 0.379 e. The molecule has 1 fully saturated rings. The number of allylic oxidation sites excluding steroid dienone is 1. The van der Waals surface area contributed by atoms with Gasteiger partial charge in [-0.05, 0) is 47.7 Å². The lowest BCUT2D eigenvalue weighted by Crippen LogP contribution is -2.43. The number of nitrogens with zero attached hydrogens (tertiary/aromatic N) is 2. The molecule has 8 nitrogen and oxygen atoms in total. The third-order valence-corrected chi connectivity index (χ3v) is 8.04. The molecular weight excluding hydrogens is 502 g/mol. The molecule has 2 aliphatic rings. The Kier molecular flexibility index (Phi) is 8.01. The lowest BCUT2D eigenvalue weighted by atomic mass is 9.86. The lowest BCUT2D eigenvalue weighted by molar-refractivity contribution is 0.0234. The van der Waals surface area contributed by atoms with Crippen LogP contribution in [-0.2, 0) is 17.2 Å². The number of benzene rings is 2. The highest BCUT2D eigenvalue weighted by atomic mass is 16.5. The summed E-state index contributed by atoms with van der Waals surface area (Å²) in [6.07, 6.45) is 5.58. The fourth-order valence-corrected chi connectivity index (χ4v) is 6.11. The van der Waals surface area contributed by atoms with E-state index in [1.165, 1.54) is 5.57 Å². The molecule has 2 heterocycles. The fraction of sp³-hybridized carbons (Fsp3) is 0.438. The van der Waals surface area contributed by atoms with Crippen molar-refractivity contribution in [3.05, 3.63) is 65.5 Å². The molecule has 5 rings (SSSR count). The summed E-state index contributed by atoms with van der Waals surface area (Å²) in [5, 5.41) is 11.1. The van der Waals surface area contributed by atoms with Gasteiger partial charge in [-0.3, -0.25) is 9.69 Å². The van der Waals surface area contributed by atoms with E-state index >= 15 is 0 Å². The van der Waals surface area contributed by atoms with Crippen molar-refractivity contribution in [2.75, 3.05) is 44.0 Å². The van der Waals surface area contributed by atoms with Gasteiger partial charge < -0.3 is 25.3 Å². The van der Waals surface area contributed by atoms with Gasteiger partial charge in [-0.15, -0.1) is 0 Å². The highest BCUT2D eigenvalue weighted by Gasteiger charge is 2.27. The van der Waals surface area contributed by atoms with Gasteiger partial charge in [0.1, 0.15) is 5.69 Å². The molecule has 1 aliphatic carbocycles. The number of ether oxygens (including phenoxy) is 1. The standard InChI is InChI=1S/C32H41N5O3/c1-32(2,3)27-20-26(29(36(27)5)30(38)33-4)35-31(39)34-25-14-13-21-9-6-7-12-24(21)28(25)22-10-8-11-23(19-22)37-15-17-40-18-16-37/h6-7,9,12-14,19-20,23H,8,10-11,15-18H2,1-5H3,(H,33,38)(H2,34,35,39). The first-order valence-electron chi connectivity index (χ1n) is 14.2. The number of anilines is 2. The Hall–Kier alpha value is -3.62. The SMILES string of the molecule is CNC(=O)c1c(NC(=O)Nc2ccc3ccccc3c2C2=CC(N3CCOCC3)CCC2)cc(C(C)(C)C)n1C. The van der Waals surface area contributed by atoms with Gasteiger partial charge in [0.05, 0.1) is 24.6 Å². The van der Waals surface area contributed by atoms with Crippen LogP contribution in [0.3, 0.4) is 0 Å². The molecule has 2 aromatic carbocycles. The molecule has 0 bridgehead atoms. The van der Waals surface area contributed by atoms with Crippen molar-refractivity contribution >= 4 is 39.7 Å². The van der Waals surface area contributed by atoms with Crippen LogP contribution in [0.25, 0.3) is 16.3 Å². The number of hydrogen-bond acceptors (Lipinski definition) is 4. The maximum atomic E-state index is 13.5. The second-order valence-electron chi connectivity index (χ2n) is 11.8. The van der Waals surface area contributed by atoms with Gasteiger partial charge in [-0.1, -0.05) is 57.2 Å². The highest BCUT2D eigenvalue weighted by Crippen LogP contribution is 2.38. The summed E-state index contributed by atoms with van der Waals surface area (Å²) >= 11 is 0. The number of carbonyl (C=O) groups is 2. The topological polar surface area (TPSA) is 87.6 Å². The second-order valence-corrected chi connectivity index (χ2v) is 11.8. The maximum absolute atomic E-state index is 13.5. The van der Waals surface area contributed by atoms with Crippen LogP contribution in [0.5, 0.6) is 0 Å². The number of amides is 3. The number of aromatic nitrogens is 1. The molecule has 212 valence electrons. The molecule has 0 spiro atoms. The zero-order valence-corrected chi connectivity index (χ0v) is 24.3. The maximum Gasteiger partial charge on any atom is 0.323 e. The Morgan fingerprint density at radius 1 is 1.00 bits per heavy atom. The third-order valence-electron chi connectivity index (χ3n) is 8.04. The van der Waals surface area contributed by atoms with Crippen molar-refractivity contribution in [2.45, 2.75) is 51.5 Å². The Morgan fingerprint density at radius 2 is 1.73 bits per heavy atom. The van der Waals surface area contributed by atoms with Gasteiger partial charge in [-0.2, -0.15) is 0 Å². The van der Waals surface area contributed by atoms with Gasteiger partial charge in [0, 0.05) is 49.9 Å². The molecule has 3 amide bonds. The first kappa shape index (κ1) is 27.9. The molecule has 1 saturated heterocycles. The van der Waals surface area contributed by atoms with E-state index in [1.807, 2.05) is 41.9 Å². The van der Waals surface area contributed by atoms with Gasteiger partial charge >= 0.3 is 6.03 Å². The molecule has 3 aromatic rings. The normalized spacial score (nSPS) is 18.3. The molecular formula is C32H41N5O3. The monoisotopic (exact) mass is 543 g/mol. The van der Waals surface area contributed by atoms with E-state index in [0.717, 1.165) is 73.3 Å². The Balaban J connectivity index is 1.49. The minimum atomic E-state index is -0.381. The Morgan fingerprint density at radius 3 is 2.45 bits per heavy atom.